The van der Waals surface area contributed by atoms with Crippen molar-refractivity contribution < 1.29 is 23.5 Å². The molecule has 0 saturated carbocycles. The fraction of sp³-hybridized carbons (Fsp3) is 0.0476. The van der Waals surface area contributed by atoms with E-state index in [0.717, 1.165) is 0 Å². The molecule has 2 amide bonds. The first kappa shape index (κ1) is 20.2. The Morgan fingerprint density at radius 1 is 1.00 bits per heavy atom. The van der Waals surface area contributed by atoms with Crippen LogP contribution in [0.15, 0.2) is 60.7 Å². The molecule has 3 N–H and O–H groups in total. The van der Waals surface area contributed by atoms with Gasteiger partial charge in [0.05, 0.1) is 12.7 Å². The summed E-state index contributed by atoms with van der Waals surface area (Å²) in [5.41, 5.74) is 6.02. The van der Waals surface area contributed by atoms with E-state index in [-0.39, 0.29) is 28.4 Å². The largest absolute Gasteiger partial charge is 0.493 e. The summed E-state index contributed by atoms with van der Waals surface area (Å²) in [7, 11) is 1.38. The zero-order chi connectivity index (χ0) is 21.0. The Hall–Kier alpha value is -3.58. The number of amides is 2. The lowest BCUT2D eigenvalue weighted by atomic mass is 10.1. The number of hydrogen-bond donors (Lipinski definition) is 2. The average molecular weight is 415 g/mol. The number of nitrogens with two attached hydrogens (primary N) is 1. The van der Waals surface area contributed by atoms with Crippen molar-refractivity contribution in [2.24, 2.45) is 5.73 Å². The quantitative estimate of drug-likeness (QED) is 0.615. The summed E-state index contributed by atoms with van der Waals surface area (Å²) in [6, 6.07) is 14.5. The van der Waals surface area contributed by atoms with Gasteiger partial charge in [-0.15, -0.1) is 0 Å². The van der Waals surface area contributed by atoms with Crippen molar-refractivity contribution in [2.75, 3.05) is 12.4 Å². The number of methoxy groups -OCH3 is 1. The summed E-state index contributed by atoms with van der Waals surface area (Å²) < 4.78 is 24.3. The zero-order valence-electron chi connectivity index (χ0n) is 15.2. The standard InChI is InChI=1S/C21H16ClFN2O4/c1-28-19-11-14(23)6-8-18(19)29-17-7-5-13(22)10-16(17)21(27)25-15-4-2-3-12(9-15)20(24)26/h2-11H,1H3,(H2,24,26)(H,25,27). The third-order valence-electron chi connectivity index (χ3n) is 3.94. The molecule has 0 aliphatic heterocycles. The molecule has 148 valence electrons. The van der Waals surface area contributed by atoms with Gasteiger partial charge in [0.2, 0.25) is 5.91 Å². The van der Waals surface area contributed by atoms with E-state index >= 15 is 0 Å². The highest BCUT2D eigenvalue weighted by molar-refractivity contribution is 6.31. The maximum Gasteiger partial charge on any atom is 0.259 e. The molecule has 0 bridgehead atoms. The monoisotopic (exact) mass is 414 g/mol. The van der Waals surface area contributed by atoms with Gasteiger partial charge in [0.15, 0.2) is 11.5 Å². The number of primary amides is 1. The molecule has 3 aromatic carbocycles. The summed E-state index contributed by atoms with van der Waals surface area (Å²) in [6.45, 7) is 0. The van der Waals surface area contributed by atoms with Crippen molar-refractivity contribution in [1.82, 2.24) is 0 Å². The summed E-state index contributed by atoms with van der Waals surface area (Å²) in [4.78, 5) is 24.1. The lowest BCUT2D eigenvalue weighted by Crippen LogP contribution is -2.15. The van der Waals surface area contributed by atoms with Gasteiger partial charge in [0.25, 0.3) is 5.91 Å². The molecule has 0 saturated heterocycles. The Morgan fingerprint density at radius 3 is 2.48 bits per heavy atom. The van der Waals surface area contributed by atoms with E-state index in [0.29, 0.717) is 10.7 Å². The van der Waals surface area contributed by atoms with E-state index in [1.54, 1.807) is 18.2 Å². The van der Waals surface area contributed by atoms with Crippen LogP contribution in [-0.4, -0.2) is 18.9 Å². The number of hydrogen-bond acceptors (Lipinski definition) is 4. The topological polar surface area (TPSA) is 90.7 Å². The van der Waals surface area contributed by atoms with Crippen LogP contribution in [0.2, 0.25) is 5.02 Å². The SMILES string of the molecule is COc1cc(F)ccc1Oc1ccc(Cl)cc1C(=O)Nc1cccc(C(N)=O)c1. The number of anilines is 1. The van der Waals surface area contributed by atoms with Crippen LogP contribution in [-0.2, 0) is 0 Å². The molecule has 3 rings (SSSR count). The fourth-order valence-corrected chi connectivity index (χ4v) is 2.73. The highest BCUT2D eigenvalue weighted by atomic mass is 35.5. The first-order valence-corrected chi connectivity index (χ1v) is 8.77. The molecule has 6 nitrogen and oxygen atoms in total. The van der Waals surface area contributed by atoms with E-state index in [1.807, 2.05) is 0 Å². The minimum absolute atomic E-state index is 0.133. The van der Waals surface area contributed by atoms with Crippen molar-refractivity contribution in [3.8, 4) is 17.2 Å². The minimum Gasteiger partial charge on any atom is -0.493 e. The molecular weight excluding hydrogens is 399 g/mol. The predicted molar refractivity (Wildman–Crippen MR) is 107 cm³/mol. The van der Waals surface area contributed by atoms with Gasteiger partial charge in [-0.25, -0.2) is 4.39 Å². The molecule has 0 heterocycles. The highest BCUT2D eigenvalue weighted by Crippen LogP contribution is 2.34. The number of carbonyl (C=O) groups excluding carboxylic acids is 2. The molecule has 0 fully saturated rings. The first-order valence-electron chi connectivity index (χ1n) is 8.39. The van der Waals surface area contributed by atoms with Crippen LogP contribution >= 0.6 is 11.6 Å². The molecular formula is C21H16ClFN2O4. The van der Waals surface area contributed by atoms with E-state index in [1.165, 1.54) is 49.6 Å². The normalized spacial score (nSPS) is 10.3. The first-order chi connectivity index (χ1) is 13.9. The van der Waals surface area contributed by atoms with Crippen LogP contribution in [0, 0.1) is 5.82 Å². The van der Waals surface area contributed by atoms with Gasteiger partial charge < -0.3 is 20.5 Å². The molecule has 3 aromatic rings. The summed E-state index contributed by atoms with van der Waals surface area (Å²) in [5.74, 6) is -1.05. The van der Waals surface area contributed by atoms with E-state index in [4.69, 9.17) is 26.8 Å². The lowest BCUT2D eigenvalue weighted by Gasteiger charge is -2.14. The third-order valence-corrected chi connectivity index (χ3v) is 4.17. The van der Waals surface area contributed by atoms with Crippen LogP contribution in [0.3, 0.4) is 0 Å². The van der Waals surface area contributed by atoms with Gasteiger partial charge in [-0.2, -0.15) is 0 Å². The average Bonchev–Trinajstić information content (AvgIpc) is 2.70. The molecule has 0 unspecified atom stereocenters. The Morgan fingerprint density at radius 2 is 1.76 bits per heavy atom. The molecule has 0 aromatic heterocycles. The third kappa shape index (κ3) is 4.83. The van der Waals surface area contributed by atoms with Crippen LogP contribution in [0.4, 0.5) is 10.1 Å². The maximum absolute atomic E-state index is 13.4. The molecule has 0 aliphatic carbocycles. The molecule has 0 radical (unpaired) electrons. The number of carbonyl (C=O) groups is 2. The van der Waals surface area contributed by atoms with Crippen LogP contribution < -0.4 is 20.5 Å². The van der Waals surface area contributed by atoms with Crippen molar-refractivity contribution in [3.05, 3.63) is 82.6 Å². The molecule has 0 aliphatic rings. The number of halogens is 2. The predicted octanol–water partition coefficient (Wildman–Crippen LogP) is 4.63. The summed E-state index contributed by atoms with van der Waals surface area (Å²) in [6.07, 6.45) is 0. The van der Waals surface area contributed by atoms with Gasteiger partial charge in [0.1, 0.15) is 11.6 Å². The zero-order valence-corrected chi connectivity index (χ0v) is 16.0. The van der Waals surface area contributed by atoms with E-state index in [2.05, 4.69) is 5.32 Å². The van der Waals surface area contributed by atoms with Crippen LogP contribution in [0.5, 0.6) is 17.2 Å². The molecule has 0 spiro atoms. The van der Waals surface area contributed by atoms with Gasteiger partial charge in [-0.1, -0.05) is 17.7 Å². The number of nitrogens with one attached hydrogen (secondary N) is 1. The smallest absolute Gasteiger partial charge is 0.259 e. The second-order valence-electron chi connectivity index (χ2n) is 5.94. The van der Waals surface area contributed by atoms with E-state index in [9.17, 15) is 14.0 Å². The van der Waals surface area contributed by atoms with Crippen LogP contribution in [0.1, 0.15) is 20.7 Å². The van der Waals surface area contributed by atoms with E-state index < -0.39 is 17.6 Å². The second-order valence-corrected chi connectivity index (χ2v) is 6.37. The van der Waals surface area contributed by atoms with Gasteiger partial charge >= 0.3 is 0 Å². The number of ether oxygens (including phenoxy) is 2. The van der Waals surface area contributed by atoms with Gasteiger partial charge in [-0.3, -0.25) is 9.59 Å². The molecule has 29 heavy (non-hydrogen) atoms. The van der Waals surface area contributed by atoms with Crippen molar-refractivity contribution >= 4 is 29.1 Å². The fourth-order valence-electron chi connectivity index (χ4n) is 2.56. The Balaban J connectivity index is 1.92. The molecule has 8 heteroatoms. The highest BCUT2D eigenvalue weighted by Gasteiger charge is 2.17. The molecule has 0 atom stereocenters. The van der Waals surface area contributed by atoms with Crippen molar-refractivity contribution in [3.63, 3.8) is 0 Å². The maximum atomic E-state index is 13.4. The summed E-state index contributed by atoms with van der Waals surface area (Å²) in [5, 5.41) is 2.99. The van der Waals surface area contributed by atoms with Gasteiger partial charge in [0, 0.05) is 22.3 Å². The Labute approximate surface area is 171 Å². The Kier molecular flexibility index (Phi) is 5.99. The second kappa shape index (κ2) is 8.62. The lowest BCUT2D eigenvalue weighted by molar-refractivity contribution is 0.0995. The number of benzene rings is 3. The minimum atomic E-state index is -0.615. The van der Waals surface area contributed by atoms with Crippen molar-refractivity contribution in [1.29, 1.82) is 0 Å². The summed E-state index contributed by atoms with van der Waals surface area (Å²) >= 11 is 6.04. The van der Waals surface area contributed by atoms with Crippen molar-refractivity contribution in [2.45, 2.75) is 0 Å². The van der Waals surface area contributed by atoms with Crippen LogP contribution in [0.25, 0.3) is 0 Å². The number of rotatable bonds is 6. The Bertz CT molecular complexity index is 1090. The van der Waals surface area contributed by atoms with Gasteiger partial charge in [-0.05, 0) is 48.5 Å².